The van der Waals surface area contributed by atoms with Crippen molar-refractivity contribution in [3.05, 3.63) is 24.3 Å². The second-order valence-corrected chi connectivity index (χ2v) is 4.15. The summed E-state index contributed by atoms with van der Waals surface area (Å²) in [7, 11) is 0. The SMILES string of the molecule is CC(N)CCC1Oc2ccccc2NC1=O. The van der Waals surface area contributed by atoms with Crippen LogP contribution in [0.25, 0.3) is 0 Å². The first-order valence-corrected chi connectivity index (χ1v) is 5.49. The smallest absolute Gasteiger partial charge is 0.265 e. The third-order valence-electron chi connectivity index (χ3n) is 2.59. The maximum absolute atomic E-state index is 11.7. The van der Waals surface area contributed by atoms with Crippen molar-refractivity contribution in [3.8, 4) is 5.75 Å². The molecule has 1 amide bonds. The lowest BCUT2D eigenvalue weighted by molar-refractivity contribution is -0.123. The third-order valence-corrected chi connectivity index (χ3v) is 2.59. The van der Waals surface area contributed by atoms with Crippen LogP contribution in [0, 0.1) is 0 Å². The molecule has 4 nitrogen and oxygen atoms in total. The molecule has 0 saturated carbocycles. The first kappa shape index (κ1) is 11.0. The zero-order chi connectivity index (χ0) is 11.5. The summed E-state index contributed by atoms with van der Waals surface area (Å²) in [5.41, 5.74) is 6.40. The monoisotopic (exact) mass is 220 g/mol. The third kappa shape index (κ3) is 2.33. The van der Waals surface area contributed by atoms with E-state index in [9.17, 15) is 4.79 Å². The molecule has 1 aliphatic heterocycles. The van der Waals surface area contributed by atoms with Crippen molar-refractivity contribution in [1.82, 2.24) is 0 Å². The van der Waals surface area contributed by atoms with Crippen LogP contribution in [-0.2, 0) is 4.79 Å². The second-order valence-electron chi connectivity index (χ2n) is 4.15. The van der Waals surface area contributed by atoms with Crippen LogP contribution in [0.15, 0.2) is 24.3 Å². The standard InChI is InChI=1S/C12H16N2O2/c1-8(13)6-7-11-12(15)14-9-4-2-3-5-10(9)16-11/h2-5,8,11H,6-7,13H2,1H3,(H,14,15). The van der Waals surface area contributed by atoms with Gasteiger partial charge in [0.15, 0.2) is 6.10 Å². The maximum atomic E-state index is 11.7. The minimum Gasteiger partial charge on any atom is -0.478 e. The summed E-state index contributed by atoms with van der Waals surface area (Å²) in [6.07, 6.45) is 1.01. The number of carbonyl (C=O) groups excluding carboxylic acids is 1. The molecule has 2 rings (SSSR count). The largest absolute Gasteiger partial charge is 0.478 e. The van der Waals surface area contributed by atoms with Crippen LogP contribution in [0.2, 0.25) is 0 Å². The number of anilines is 1. The Morgan fingerprint density at radius 1 is 1.50 bits per heavy atom. The summed E-state index contributed by atoms with van der Waals surface area (Å²) < 4.78 is 5.63. The number of ether oxygens (including phenoxy) is 1. The van der Waals surface area contributed by atoms with E-state index in [0.29, 0.717) is 6.42 Å². The summed E-state index contributed by atoms with van der Waals surface area (Å²) in [5, 5.41) is 2.83. The molecule has 1 aromatic carbocycles. The summed E-state index contributed by atoms with van der Waals surface area (Å²) in [6, 6.07) is 7.53. The molecule has 16 heavy (non-hydrogen) atoms. The predicted octanol–water partition coefficient (Wildman–Crippen LogP) is 1.51. The molecule has 86 valence electrons. The fourth-order valence-electron chi connectivity index (χ4n) is 1.70. The van der Waals surface area contributed by atoms with Crippen LogP contribution in [0.5, 0.6) is 5.75 Å². The van der Waals surface area contributed by atoms with Gasteiger partial charge in [0.25, 0.3) is 5.91 Å². The highest BCUT2D eigenvalue weighted by Crippen LogP contribution is 2.29. The molecule has 0 saturated heterocycles. The van der Waals surface area contributed by atoms with Crippen LogP contribution in [0.1, 0.15) is 19.8 Å². The van der Waals surface area contributed by atoms with Gasteiger partial charge in [-0.25, -0.2) is 0 Å². The molecule has 0 spiro atoms. The Kier molecular flexibility index (Phi) is 3.10. The molecule has 4 heteroatoms. The highest BCUT2D eigenvalue weighted by Gasteiger charge is 2.26. The van der Waals surface area contributed by atoms with Crippen molar-refractivity contribution in [1.29, 1.82) is 0 Å². The van der Waals surface area contributed by atoms with E-state index in [4.69, 9.17) is 10.5 Å². The Labute approximate surface area is 94.8 Å². The fraction of sp³-hybridized carbons (Fsp3) is 0.417. The van der Waals surface area contributed by atoms with Crippen LogP contribution in [-0.4, -0.2) is 18.1 Å². The Morgan fingerprint density at radius 3 is 3.00 bits per heavy atom. The van der Waals surface area contributed by atoms with E-state index in [1.165, 1.54) is 0 Å². The van der Waals surface area contributed by atoms with Crippen LogP contribution in [0.4, 0.5) is 5.69 Å². The van der Waals surface area contributed by atoms with Gasteiger partial charge in [-0.2, -0.15) is 0 Å². The van der Waals surface area contributed by atoms with Gasteiger partial charge in [0, 0.05) is 6.04 Å². The number of nitrogens with two attached hydrogens (primary N) is 1. The van der Waals surface area contributed by atoms with Crippen LogP contribution in [0.3, 0.4) is 0 Å². The van der Waals surface area contributed by atoms with Crippen molar-refractivity contribution in [2.75, 3.05) is 5.32 Å². The topological polar surface area (TPSA) is 64.3 Å². The number of rotatable bonds is 3. The molecular formula is C12H16N2O2. The van der Waals surface area contributed by atoms with Gasteiger partial charge in [-0.3, -0.25) is 4.79 Å². The average molecular weight is 220 g/mol. The number of amides is 1. The number of carbonyl (C=O) groups is 1. The van der Waals surface area contributed by atoms with Gasteiger partial charge < -0.3 is 15.8 Å². The number of hydrogen-bond acceptors (Lipinski definition) is 3. The summed E-state index contributed by atoms with van der Waals surface area (Å²) in [4.78, 5) is 11.7. The normalized spacial score (nSPS) is 20.6. The molecular weight excluding hydrogens is 204 g/mol. The second kappa shape index (κ2) is 4.53. The summed E-state index contributed by atoms with van der Waals surface area (Å²) in [6.45, 7) is 1.93. The molecule has 0 aliphatic carbocycles. The molecule has 0 bridgehead atoms. The molecule has 1 heterocycles. The lowest BCUT2D eigenvalue weighted by Crippen LogP contribution is -2.37. The van der Waals surface area contributed by atoms with E-state index < -0.39 is 6.10 Å². The fourth-order valence-corrected chi connectivity index (χ4v) is 1.70. The van der Waals surface area contributed by atoms with E-state index in [2.05, 4.69) is 5.32 Å². The van der Waals surface area contributed by atoms with Gasteiger partial charge in [0.1, 0.15) is 5.75 Å². The first-order chi connectivity index (χ1) is 7.66. The number of hydrogen-bond donors (Lipinski definition) is 2. The number of nitrogens with one attached hydrogen (secondary N) is 1. The average Bonchev–Trinajstić information content (AvgIpc) is 2.26. The Bertz CT molecular complexity index is 390. The van der Waals surface area contributed by atoms with Crippen molar-refractivity contribution in [2.45, 2.75) is 31.9 Å². The maximum Gasteiger partial charge on any atom is 0.265 e. The summed E-state index contributed by atoms with van der Waals surface area (Å²) in [5.74, 6) is 0.649. The van der Waals surface area contributed by atoms with Gasteiger partial charge in [-0.1, -0.05) is 12.1 Å². The van der Waals surface area contributed by atoms with Gasteiger partial charge in [0.05, 0.1) is 5.69 Å². The minimum atomic E-state index is -0.416. The Morgan fingerprint density at radius 2 is 2.25 bits per heavy atom. The zero-order valence-corrected chi connectivity index (χ0v) is 9.27. The van der Waals surface area contributed by atoms with E-state index in [1.807, 2.05) is 31.2 Å². The van der Waals surface area contributed by atoms with E-state index in [0.717, 1.165) is 17.9 Å². The molecule has 1 aliphatic rings. The van der Waals surface area contributed by atoms with Crippen molar-refractivity contribution >= 4 is 11.6 Å². The van der Waals surface area contributed by atoms with E-state index in [-0.39, 0.29) is 11.9 Å². The van der Waals surface area contributed by atoms with Gasteiger partial charge >= 0.3 is 0 Å². The number of fused-ring (bicyclic) bond motifs is 1. The zero-order valence-electron chi connectivity index (χ0n) is 9.27. The van der Waals surface area contributed by atoms with Crippen molar-refractivity contribution < 1.29 is 9.53 Å². The van der Waals surface area contributed by atoms with E-state index >= 15 is 0 Å². The number of para-hydroxylation sites is 2. The molecule has 0 radical (unpaired) electrons. The van der Waals surface area contributed by atoms with E-state index in [1.54, 1.807) is 0 Å². The quantitative estimate of drug-likeness (QED) is 0.811. The molecule has 0 aromatic heterocycles. The van der Waals surface area contributed by atoms with Gasteiger partial charge in [0.2, 0.25) is 0 Å². The van der Waals surface area contributed by atoms with Gasteiger partial charge in [-0.15, -0.1) is 0 Å². The van der Waals surface area contributed by atoms with Gasteiger partial charge in [-0.05, 0) is 31.9 Å². The molecule has 3 N–H and O–H groups in total. The first-order valence-electron chi connectivity index (χ1n) is 5.49. The van der Waals surface area contributed by atoms with Crippen molar-refractivity contribution in [2.24, 2.45) is 5.73 Å². The van der Waals surface area contributed by atoms with Crippen LogP contribution >= 0.6 is 0 Å². The molecule has 1 aromatic rings. The highest BCUT2D eigenvalue weighted by atomic mass is 16.5. The highest BCUT2D eigenvalue weighted by molar-refractivity contribution is 5.97. The predicted molar refractivity (Wildman–Crippen MR) is 62.4 cm³/mol. The molecule has 0 fully saturated rings. The Hall–Kier alpha value is -1.55. The van der Waals surface area contributed by atoms with Crippen molar-refractivity contribution in [3.63, 3.8) is 0 Å². The lowest BCUT2D eigenvalue weighted by Gasteiger charge is -2.26. The molecule has 2 unspecified atom stereocenters. The molecule has 2 atom stereocenters. The number of benzene rings is 1. The van der Waals surface area contributed by atoms with Crippen LogP contribution < -0.4 is 15.8 Å². The minimum absolute atomic E-state index is 0.0839. The summed E-state index contributed by atoms with van der Waals surface area (Å²) >= 11 is 0. The lowest BCUT2D eigenvalue weighted by atomic mass is 10.1. The Balaban J connectivity index is 2.06.